The molecule has 96 valence electrons. The van der Waals surface area contributed by atoms with Crippen LogP contribution in [0.15, 0.2) is 16.6 Å². The molecule has 4 heteroatoms. The van der Waals surface area contributed by atoms with E-state index in [1.807, 2.05) is 26.1 Å². The van der Waals surface area contributed by atoms with Crippen molar-refractivity contribution in [3.8, 4) is 5.75 Å². The standard InChI is InChI=1S/C13H20BrNO2/c1-10-7-12(14)8-11(13(10)16)9-15(2)5-4-6-17-3/h7-8,16H,4-6,9H2,1-3H3. The molecule has 0 amide bonds. The number of aryl methyl sites for hydroxylation is 1. The van der Waals surface area contributed by atoms with Crippen LogP contribution in [0, 0.1) is 6.92 Å². The van der Waals surface area contributed by atoms with Crippen molar-refractivity contribution in [2.45, 2.75) is 19.9 Å². The van der Waals surface area contributed by atoms with E-state index < -0.39 is 0 Å². The van der Waals surface area contributed by atoms with E-state index in [4.69, 9.17) is 4.74 Å². The van der Waals surface area contributed by atoms with E-state index in [0.717, 1.165) is 41.7 Å². The van der Waals surface area contributed by atoms with Crippen molar-refractivity contribution in [3.05, 3.63) is 27.7 Å². The summed E-state index contributed by atoms with van der Waals surface area (Å²) in [5.41, 5.74) is 1.86. The second kappa shape index (κ2) is 6.99. The molecule has 0 saturated carbocycles. The molecular formula is C13H20BrNO2. The quantitative estimate of drug-likeness (QED) is 0.820. The fourth-order valence-corrected chi connectivity index (χ4v) is 2.39. The van der Waals surface area contributed by atoms with Gasteiger partial charge in [0.1, 0.15) is 5.75 Å². The van der Waals surface area contributed by atoms with Crippen LogP contribution in [0.25, 0.3) is 0 Å². The van der Waals surface area contributed by atoms with E-state index in [-0.39, 0.29) is 0 Å². The Bertz CT molecular complexity index is 369. The van der Waals surface area contributed by atoms with Crippen LogP contribution in [-0.4, -0.2) is 37.3 Å². The topological polar surface area (TPSA) is 32.7 Å². The molecule has 0 aliphatic heterocycles. The van der Waals surface area contributed by atoms with Gasteiger partial charge in [-0.2, -0.15) is 0 Å². The highest BCUT2D eigenvalue weighted by atomic mass is 79.9. The van der Waals surface area contributed by atoms with Crippen molar-refractivity contribution in [3.63, 3.8) is 0 Å². The Hall–Kier alpha value is -0.580. The highest BCUT2D eigenvalue weighted by molar-refractivity contribution is 9.10. The van der Waals surface area contributed by atoms with Crippen molar-refractivity contribution in [2.24, 2.45) is 0 Å². The van der Waals surface area contributed by atoms with Crippen LogP contribution in [0.2, 0.25) is 0 Å². The number of hydrogen-bond donors (Lipinski definition) is 1. The van der Waals surface area contributed by atoms with E-state index >= 15 is 0 Å². The zero-order chi connectivity index (χ0) is 12.8. The van der Waals surface area contributed by atoms with E-state index in [9.17, 15) is 5.11 Å². The second-order valence-electron chi connectivity index (χ2n) is 4.31. The van der Waals surface area contributed by atoms with Gasteiger partial charge in [-0.15, -0.1) is 0 Å². The minimum atomic E-state index is 0.395. The lowest BCUT2D eigenvalue weighted by Gasteiger charge is -2.18. The first kappa shape index (κ1) is 14.5. The van der Waals surface area contributed by atoms with Crippen LogP contribution in [0.3, 0.4) is 0 Å². The van der Waals surface area contributed by atoms with Gasteiger partial charge < -0.3 is 14.7 Å². The number of phenolic OH excluding ortho intramolecular Hbond substituents is 1. The summed E-state index contributed by atoms with van der Waals surface area (Å²) in [6, 6.07) is 3.89. The van der Waals surface area contributed by atoms with Crippen LogP contribution < -0.4 is 0 Å². The van der Waals surface area contributed by atoms with Crippen LogP contribution >= 0.6 is 15.9 Å². The number of methoxy groups -OCH3 is 1. The smallest absolute Gasteiger partial charge is 0.123 e. The Labute approximate surface area is 112 Å². The largest absolute Gasteiger partial charge is 0.507 e. The summed E-state index contributed by atoms with van der Waals surface area (Å²) in [7, 11) is 3.76. The number of ether oxygens (including phenoxy) is 1. The molecule has 0 aliphatic rings. The average molecular weight is 302 g/mol. The highest BCUT2D eigenvalue weighted by Crippen LogP contribution is 2.27. The second-order valence-corrected chi connectivity index (χ2v) is 5.23. The van der Waals surface area contributed by atoms with Gasteiger partial charge in [0.15, 0.2) is 0 Å². The molecule has 0 fully saturated rings. The Balaban J connectivity index is 2.61. The van der Waals surface area contributed by atoms with E-state index in [1.54, 1.807) is 7.11 Å². The lowest BCUT2D eigenvalue weighted by atomic mass is 10.1. The molecule has 1 N–H and O–H groups in total. The first-order valence-corrected chi connectivity index (χ1v) is 6.49. The molecule has 0 saturated heterocycles. The van der Waals surface area contributed by atoms with Gasteiger partial charge in [0.25, 0.3) is 0 Å². The summed E-state index contributed by atoms with van der Waals surface area (Å²) in [6.07, 6.45) is 1.00. The summed E-state index contributed by atoms with van der Waals surface area (Å²) in [6.45, 7) is 4.39. The molecule has 0 radical (unpaired) electrons. The fraction of sp³-hybridized carbons (Fsp3) is 0.538. The summed E-state index contributed by atoms with van der Waals surface area (Å²) in [4.78, 5) is 2.18. The Morgan fingerprint density at radius 2 is 2.12 bits per heavy atom. The van der Waals surface area contributed by atoms with Crippen molar-refractivity contribution >= 4 is 15.9 Å². The van der Waals surface area contributed by atoms with Gasteiger partial charge in [-0.1, -0.05) is 15.9 Å². The van der Waals surface area contributed by atoms with Gasteiger partial charge in [-0.05, 0) is 38.1 Å². The number of nitrogens with zero attached hydrogens (tertiary/aromatic N) is 1. The van der Waals surface area contributed by atoms with Gasteiger partial charge in [-0.25, -0.2) is 0 Å². The molecule has 0 aliphatic carbocycles. The molecule has 0 spiro atoms. The monoisotopic (exact) mass is 301 g/mol. The Morgan fingerprint density at radius 3 is 2.76 bits per heavy atom. The third-order valence-corrected chi connectivity index (χ3v) is 3.13. The fourth-order valence-electron chi connectivity index (χ4n) is 1.77. The lowest BCUT2D eigenvalue weighted by Crippen LogP contribution is -2.20. The minimum Gasteiger partial charge on any atom is -0.507 e. The first-order valence-electron chi connectivity index (χ1n) is 5.70. The zero-order valence-corrected chi connectivity index (χ0v) is 12.2. The maximum Gasteiger partial charge on any atom is 0.123 e. The number of phenols is 1. The first-order chi connectivity index (χ1) is 8.04. The van der Waals surface area contributed by atoms with Gasteiger partial charge >= 0.3 is 0 Å². The SMILES string of the molecule is COCCCN(C)Cc1cc(Br)cc(C)c1O. The zero-order valence-electron chi connectivity index (χ0n) is 10.7. The summed E-state index contributed by atoms with van der Waals surface area (Å²) in [5.74, 6) is 0.395. The number of aromatic hydroxyl groups is 1. The van der Waals surface area contributed by atoms with Gasteiger partial charge in [0, 0.05) is 36.8 Å². The summed E-state index contributed by atoms with van der Waals surface area (Å²) < 4.78 is 6.03. The maximum atomic E-state index is 9.97. The number of benzene rings is 1. The molecule has 1 rings (SSSR count). The third kappa shape index (κ3) is 4.66. The van der Waals surface area contributed by atoms with Crippen molar-refractivity contribution < 1.29 is 9.84 Å². The van der Waals surface area contributed by atoms with Gasteiger partial charge in [0.05, 0.1) is 0 Å². The Morgan fingerprint density at radius 1 is 1.41 bits per heavy atom. The molecular weight excluding hydrogens is 282 g/mol. The lowest BCUT2D eigenvalue weighted by molar-refractivity contribution is 0.178. The van der Waals surface area contributed by atoms with Gasteiger partial charge in [0.2, 0.25) is 0 Å². The van der Waals surface area contributed by atoms with Crippen LogP contribution in [0.5, 0.6) is 5.75 Å². The maximum absolute atomic E-state index is 9.97. The molecule has 0 unspecified atom stereocenters. The number of rotatable bonds is 6. The van der Waals surface area contributed by atoms with Crippen molar-refractivity contribution in [1.29, 1.82) is 0 Å². The summed E-state index contributed by atoms with van der Waals surface area (Å²) in [5, 5.41) is 9.97. The predicted molar refractivity (Wildman–Crippen MR) is 73.4 cm³/mol. The predicted octanol–water partition coefficient (Wildman–Crippen LogP) is 2.93. The third-order valence-electron chi connectivity index (χ3n) is 2.67. The van der Waals surface area contributed by atoms with Crippen molar-refractivity contribution in [1.82, 2.24) is 4.90 Å². The number of halogens is 1. The molecule has 1 aromatic carbocycles. The average Bonchev–Trinajstić information content (AvgIpc) is 2.25. The molecule has 3 nitrogen and oxygen atoms in total. The molecule has 0 aromatic heterocycles. The van der Waals surface area contributed by atoms with Crippen LogP contribution in [-0.2, 0) is 11.3 Å². The van der Waals surface area contributed by atoms with E-state index in [1.165, 1.54) is 0 Å². The number of hydrogen-bond acceptors (Lipinski definition) is 3. The molecule has 0 heterocycles. The van der Waals surface area contributed by atoms with Gasteiger partial charge in [-0.3, -0.25) is 0 Å². The van der Waals surface area contributed by atoms with Crippen LogP contribution in [0.4, 0.5) is 0 Å². The molecule has 17 heavy (non-hydrogen) atoms. The van der Waals surface area contributed by atoms with Crippen molar-refractivity contribution in [2.75, 3.05) is 27.3 Å². The summed E-state index contributed by atoms with van der Waals surface area (Å²) >= 11 is 3.45. The van der Waals surface area contributed by atoms with E-state index in [0.29, 0.717) is 5.75 Å². The minimum absolute atomic E-state index is 0.395. The Kier molecular flexibility index (Phi) is 5.95. The van der Waals surface area contributed by atoms with Crippen LogP contribution in [0.1, 0.15) is 17.5 Å². The molecule has 0 atom stereocenters. The normalized spacial score (nSPS) is 11.1. The molecule has 1 aromatic rings. The molecule has 0 bridgehead atoms. The van der Waals surface area contributed by atoms with E-state index in [2.05, 4.69) is 20.8 Å². The highest BCUT2D eigenvalue weighted by Gasteiger charge is 2.08.